The Bertz CT molecular complexity index is 1100. The molecule has 0 atom stereocenters. The minimum absolute atomic E-state index is 0.0952. The van der Waals surface area contributed by atoms with E-state index in [1.54, 1.807) is 12.1 Å². The Morgan fingerprint density at radius 2 is 1.57 bits per heavy atom. The molecule has 4 rings (SSSR count). The molecule has 3 nitrogen and oxygen atoms in total. The highest BCUT2D eigenvalue weighted by Crippen LogP contribution is 2.25. The molecule has 1 heterocycles. The number of hydrogen-bond donors (Lipinski definition) is 0. The van der Waals surface area contributed by atoms with Crippen LogP contribution in [0.3, 0.4) is 0 Å². The summed E-state index contributed by atoms with van der Waals surface area (Å²) in [5.41, 5.74) is 1.57. The Hall–Kier alpha value is -3.40. The maximum absolute atomic E-state index is 14.1. The summed E-state index contributed by atoms with van der Waals surface area (Å²) < 4.78 is 21.9. The van der Waals surface area contributed by atoms with Crippen molar-refractivity contribution in [3.8, 4) is 5.75 Å². The van der Waals surface area contributed by atoms with Crippen LogP contribution in [-0.2, 0) is 6.54 Å². The number of ketones is 1. The average molecular weight is 373 g/mol. The summed E-state index contributed by atoms with van der Waals surface area (Å²) in [5.74, 6) is 0.0458. The number of aryl methyl sites for hydroxylation is 1. The number of nitrogens with zero attached hydrogens (tertiary/aromatic N) is 1. The molecule has 0 bridgehead atoms. The fourth-order valence-corrected chi connectivity index (χ4v) is 3.34. The van der Waals surface area contributed by atoms with E-state index in [1.165, 1.54) is 12.1 Å². The van der Waals surface area contributed by atoms with Crippen molar-refractivity contribution in [1.29, 1.82) is 0 Å². The van der Waals surface area contributed by atoms with E-state index >= 15 is 0 Å². The van der Waals surface area contributed by atoms with Gasteiger partial charge in [0, 0.05) is 29.2 Å². The summed E-state index contributed by atoms with van der Waals surface area (Å²) in [7, 11) is 0. The summed E-state index contributed by atoms with van der Waals surface area (Å²) in [6.07, 6.45) is 2.61. The maximum Gasteiger partial charge on any atom is 0.198 e. The van der Waals surface area contributed by atoms with Gasteiger partial charge in [-0.25, -0.2) is 4.39 Å². The molecular weight excluding hydrogens is 353 g/mol. The van der Waals surface area contributed by atoms with Gasteiger partial charge in [-0.15, -0.1) is 0 Å². The molecule has 0 spiro atoms. The van der Waals surface area contributed by atoms with Gasteiger partial charge in [-0.2, -0.15) is 0 Å². The van der Waals surface area contributed by atoms with Gasteiger partial charge in [0.25, 0.3) is 0 Å². The number of fused-ring (bicyclic) bond motifs is 1. The molecule has 0 saturated heterocycles. The smallest absolute Gasteiger partial charge is 0.198 e. The van der Waals surface area contributed by atoms with Crippen molar-refractivity contribution >= 4 is 16.7 Å². The zero-order chi connectivity index (χ0) is 19.3. The van der Waals surface area contributed by atoms with Crippen molar-refractivity contribution in [3.05, 3.63) is 102 Å². The molecule has 0 amide bonds. The fourth-order valence-electron chi connectivity index (χ4n) is 3.34. The zero-order valence-corrected chi connectivity index (χ0v) is 15.3. The van der Waals surface area contributed by atoms with Crippen molar-refractivity contribution in [2.45, 2.75) is 13.0 Å². The highest BCUT2D eigenvalue weighted by atomic mass is 19.1. The fraction of sp³-hybridized carbons (Fsp3) is 0.125. The molecule has 0 unspecified atom stereocenters. The number of ether oxygens (including phenoxy) is 1. The lowest BCUT2D eigenvalue weighted by Crippen LogP contribution is -2.05. The van der Waals surface area contributed by atoms with Crippen LogP contribution in [0.4, 0.5) is 4.39 Å². The highest BCUT2D eigenvalue weighted by Gasteiger charge is 2.19. The van der Waals surface area contributed by atoms with Gasteiger partial charge in [-0.1, -0.05) is 48.5 Å². The second-order valence-corrected chi connectivity index (χ2v) is 6.58. The first-order chi connectivity index (χ1) is 13.7. The minimum Gasteiger partial charge on any atom is -0.494 e. The van der Waals surface area contributed by atoms with Gasteiger partial charge < -0.3 is 9.30 Å². The van der Waals surface area contributed by atoms with Crippen LogP contribution in [0.15, 0.2) is 85.1 Å². The van der Waals surface area contributed by atoms with Gasteiger partial charge in [0.2, 0.25) is 0 Å². The Morgan fingerprint density at radius 1 is 0.857 bits per heavy atom. The van der Waals surface area contributed by atoms with Crippen molar-refractivity contribution in [3.63, 3.8) is 0 Å². The molecular formula is C24H20FNO2. The summed E-state index contributed by atoms with van der Waals surface area (Å²) in [4.78, 5) is 12.9. The first kappa shape index (κ1) is 18.0. The Morgan fingerprint density at radius 3 is 2.39 bits per heavy atom. The molecule has 0 radical (unpaired) electrons. The van der Waals surface area contributed by atoms with E-state index in [2.05, 4.69) is 0 Å². The molecule has 0 fully saturated rings. The first-order valence-electron chi connectivity index (χ1n) is 9.29. The van der Waals surface area contributed by atoms with Gasteiger partial charge >= 0.3 is 0 Å². The Balaban J connectivity index is 1.55. The van der Waals surface area contributed by atoms with Gasteiger partial charge in [-0.3, -0.25) is 4.79 Å². The zero-order valence-electron chi connectivity index (χ0n) is 15.3. The molecule has 0 aliphatic carbocycles. The molecule has 0 aliphatic heterocycles. The SMILES string of the molecule is O=C(c1ccccc1F)c1cn(CCCOc2ccccc2)c2ccccc12. The third-order valence-electron chi connectivity index (χ3n) is 4.71. The number of aromatic nitrogens is 1. The molecule has 28 heavy (non-hydrogen) atoms. The lowest BCUT2D eigenvalue weighted by molar-refractivity contribution is 0.103. The van der Waals surface area contributed by atoms with E-state index in [0.717, 1.165) is 23.1 Å². The second kappa shape index (κ2) is 8.09. The topological polar surface area (TPSA) is 31.2 Å². The van der Waals surface area contributed by atoms with E-state index in [0.29, 0.717) is 18.7 Å². The van der Waals surface area contributed by atoms with Crippen molar-refractivity contribution in [2.24, 2.45) is 0 Å². The number of benzene rings is 3. The molecule has 0 saturated carbocycles. The van der Waals surface area contributed by atoms with Crippen LogP contribution < -0.4 is 4.74 Å². The van der Waals surface area contributed by atoms with E-state index in [-0.39, 0.29) is 11.3 Å². The Kier molecular flexibility index (Phi) is 5.20. The van der Waals surface area contributed by atoms with E-state index < -0.39 is 5.82 Å². The second-order valence-electron chi connectivity index (χ2n) is 6.58. The van der Waals surface area contributed by atoms with Gasteiger partial charge in [0.1, 0.15) is 11.6 Å². The van der Waals surface area contributed by atoms with E-state index in [4.69, 9.17) is 4.74 Å². The van der Waals surface area contributed by atoms with Crippen LogP contribution >= 0.6 is 0 Å². The van der Waals surface area contributed by atoms with Gasteiger partial charge in [-0.05, 0) is 36.8 Å². The average Bonchev–Trinajstić information content (AvgIpc) is 3.11. The summed E-state index contributed by atoms with van der Waals surface area (Å²) >= 11 is 0. The number of hydrogen-bond acceptors (Lipinski definition) is 2. The van der Waals surface area contributed by atoms with Crippen LogP contribution in [-0.4, -0.2) is 17.0 Å². The lowest BCUT2D eigenvalue weighted by atomic mass is 10.0. The van der Waals surface area contributed by atoms with Crippen LogP contribution in [0.5, 0.6) is 5.75 Å². The predicted octanol–water partition coefficient (Wildman–Crippen LogP) is 5.48. The lowest BCUT2D eigenvalue weighted by Gasteiger charge is -2.07. The number of para-hydroxylation sites is 2. The standard InChI is InChI=1S/C24H20FNO2/c25-22-13-6-4-12-20(22)24(27)21-17-26(23-14-7-5-11-19(21)23)15-8-16-28-18-9-2-1-3-10-18/h1-7,9-14,17H,8,15-16H2. The van der Waals surface area contributed by atoms with Crippen LogP contribution in [0.2, 0.25) is 0 Å². The summed E-state index contributed by atoms with van der Waals surface area (Å²) in [6, 6.07) is 23.5. The van der Waals surface area contributed by atoms with Gasteiger partial charge in [0.15, 0.2) is 5.78 Å². The third-order valence-corrected chi connectivity index (χ3v) is 4.71. The normalized spacial score (nSPS) is 10.9. The van der Waals surface area contributed by atoms with Crippen LogP contribution in [0.25, 0.3) is 10.9 Å². The van der Waals surface area contributed by atoms with Crippen molar-refractivity contribution in [2.75, 3.05) is 6.61 Å². The summed E-state index contributed by atoms with van der Waals surface area (Å²) in [5, 5.41) is 0.833. The Labute approximate surface area is 163 Å². The minimum atomic E-state index is -0.499. The van der Waals surface area contributed by atoms with Crippen molar-refractivity contribution in [1.82, 2.24) is 4.57 Å². The molecule has 1 aromatic heterocycles. The largest absolute Gasteiger partial charge is 0.494 e. The predicted molar refractivity (Wildman–Crippen MR) is 108 cm³/mol. The van der Waals surface area contributed by atoms with E-state index in [1.807, 2.05) is 65.4 Å². The van der Waals surface area contributed by atoms with E-state index in [9.17, 15) is 9.18 Å². The monoisotopic (exact) mass is 373 g/mol. The first-order valence-corrected chi connectivity index (χ1v) is 9.29. The number of rotatable bonds is 7. The third kappa shape index (κ3) is 3.67. The molecule has 4 heteroatoms. The maximum atomic E-state index is 14.1. The highest BCUT2D eigenvalue weighted by molar-refractivity contribution is 6.16. The van der Waals surface area contributed by atoms with Crippen LogP contribution in [0, 0.1) is 5.82 Å². The molecule has 0 aliphatic rings. The molecule has 3 aromatic carbocycles. The van der Waals surface area contributed by atoms with Crippen molar-refractivity contribution < 1.29 is 13.9 Å². The molecule has 0 N–H and O–H groups in total. The number of carbonyl (C=O) groups is 1. The van der Waals surface area contributed by atoms with Crippen LogP contribution in [0.1, 0.15) is 22.3 Å². The molecule has 140 valence electrons. The number of halogens is 1. The van der Waals surface area contributed by atoms with Gasteiger partial charge in [0.05, 0.1) is 12.2 Å². The number of carbonyl (C=O) groups excluding carboxylic acids is 1. The summed E-state index contributed by atoms with van der Waals surface area (Å²) in [6.45, 7) is 1.28. The quantitative estimate of drug-likeness (QED) is 0.317. The molecule has 4 aromatic rings.